The fourth-order valence-corrected chi connectivity index (χ4v) is 3.82. The molecule has 19 heavy (non-hydrogen) atoms. The van der Waals surface area contributed by atoms with Gasteiger partial charge >= 0.3 is 5.97 Å². The van der Waals surface area contributed by atoms with Crippen LogP contribution in [0.4, 0.5) is 0 Å². The molecule has 2 unspecified atom stereocenters. The van der Waals surface area contributed by atoms with Crippen LogP contribution in [0, 0.1) is 5.92 Å². The maximum absolute atomic E-state index is 11.5. The molecule has 1 aromatic rings. The van der Waals surface area contributed by atoms with Gasteiger partial charge in [-0.1, -0.05) is 37.5 Å². The van der Waals surface area contributed by atoms with Crippen LogP contribution in [0.25, 0.3) is 0 Å². The Morgan fingerprint density at radius 1 is 1.00 bits per heavy atom. The third kappa shape index (κ3) is 2.54. The lowest BCUT2D eigenvalue weighted by molar-refractivity contribution is -0.142. The molecule has 1 N–H and O–H groups in total. The third-order valence-electron chi connectivity index (χ3n) is 4.88. The summed E-state index contributed by atoms with van der Waals surface area (Å²) >= 11 is 0. The molecular formula is C17H22O2. The molecule has 0 amide bonds. The fraction of sp³-hybridized carbons (Fsp3) is 0.588. The van der Waals surface area contributed by atoms with Crippen molar-refractivity contribution in [2.24, 2.45) is 5.92 Å². The van der Waals surface area contributed by atoms with Crippen molar-refractivity contribution in [1.82, 2.24) is 0 Å². The van der Waals surface area contributed by atoms with Crippen molar-refractivity contribution in [1.29, 1.82) is 0 Å². The second kappa shape index (κ2) is 5.36. The zero-order valence-corrected chi connectivity index (χ0v) is 11.4. The highest BCUT2D eigenvalue weighted by Gasteiger charge is 2.31. The van der Waals surface area contributed by atoms with E-state index in [-0.39, 0.29) is 11.8 Å². The summed E-state index contributed by atoms with van der Waals surface area (Å²) in [7, 11) is 0. The van der Waals surface area contributed by atoms with Gasteiger partial charge in [-0.15, -0.1) is 0 Å². The lowest BCUT2D eigenvalue weighted by atomic mass is 9.81. The lowest BCUT2D eigenvalue weighted by Gasteiger charge is -2.22. The van der Waals surface area contributed by atoms with Gasteiger partial charge in [-0.2, -0.15) is 0 Å². The highest BCUT2D eigenvalue weighted by Crippen LogP contribution is 2.38. The number of hydrogen-bond donors (Lipinski definition) is 1. The molecule has 1 saturated carbocycles. The van der Waals surface area contributed by atoms with E-state index in [9.17, 15) is 9.90 Å². The zero-order valence-electron chi connectivity index (χ0n) is 11.4. The smallest absolute Gasteiger partial charge is 0.307 e. The van der Waals surface area contributed by atoms with Gasteiger partial charge in [-0.3, -0.25) is 4.79 Å². The summed E-state index contributed by atoms with van der Waals surface area (Å²) in [5, 5.41) is 9.49. The van der Waals surface area contributed by atoms with Gasteiger partial charge in [0, 0.05) is 0 Å². The summed E-state index contributed by atoms with van der Waals surface area (Å²) in [6.45, 7) is 0. The van der Waals surface area contributed by atoms with Crippen LogP contribution in [0.3, 0.4) is 0 Å². The average molecular weight is 258 g/mol. The van der Waals surface area contributed by atoms with E-state index in [1.54, 1.807) is 0 Å². The molecule has 2 nitrogen and oxygen atoms in total. The minimum absolute atomic E-state index is 0.179. The number of aryl methyl sites for hydroxylation is 2. The Balaban J connectivity index is 1.91. The summed E-state index contributed by atoms with van der Waals surface area (Å²) in [5.74, 6) is -0.555. The number of carboxylic acids is 1. The third-order valence-corrected chi connectivity index (χ3v) is 4.88. The van der Waals surface area contributed by atoms with Crippen molar-refractivity contribution < 1.29 is 9.90 Å². The van der Waals surface area contributed by atoms with Crippen LogP contribution in [0.2, 0.25) is 0 Å². The standard InChI is InChI=1S/C17H22O2/c18-17(19)16-8-3-1-2-7-15(16)14-10-9-12-5-4-6-13(12)11-14/h9-11,15-16H,1-8H2,(H,18,19). The number of fused-ring (bicyclic) bond motifs is 1. The fourth-order valence-electron chi connectivity index (χ4n) is 3.82. The minimum atomic E-state index is -0.604. The number of hydrogen-bond acceptors (Lipinski definition) is 1. The first-order valence-corrected chi connectivity index (χ1v) is 7.60. The van der Waals surface area contributed by atoms with E-state index in [0.717, 1.165) is 19.3 Å². The molecule has 2 atom stereocenters. The van der Waals surface area contributed by atoms with Crippen LogP contribution in [0.1, 0.15) is 61.1 Å². The van der Waals surface area contributed by atoms with Crippen molar-refractivity contribution >= 4 is 5.97 Å². The first-order valence-electron chi connectivity index (χ1n) is 7.60. The lowest BCUT2D eigenvalue weighted by Crippen LogP contribution is -2.21. The van der Waals surface area contributed by atoms with Crippen LogP contribution in [-0.2, 0) is 17.6 Å². The zero-order chi connectivity index (χ0) is 13.2. The molecule has 3 rings (SSSR count). The second-order valence-corrected chi connectivity index (χ2v) is 6.07. The SMILES string of the molecule is O=C(O)C1CCCCCC1c1ccc2c(c1)CCC2. The monoisotopic (exact) mass is 258 g/mol. The molecule has 0 saturated heterocycles. The number of rotatable bonds is 2. The molecule has 2 aliphatic carbocycles. The van der Waals surface area contributed by atoms with Gasteiger partial charge in [0.05, 0.1) is 5.92 Å². The molecule has 0 aliphatic heterocycles. The largest absolute Gasteiger partial charge is 0.481 e. The Morgan fingerprint density at radius 3 is 2.63 bits per heavy atom. The quantitative estimate of drug-likeness (QED) is 0.816. The second-order valence-electron chi connectivity index (χ2n) is 6.07. The number of carboxylic acid groups (broad SMARTS) is 1. The van der Waals surface area contributed by atoms with Gasteiger partial charge in [0.25, 0.3) is 0 Å². The summed E-state index contributed by atoms with van der Waals surface area (Å²) in [6.07, 6.45) is 8.93. The maximum atomic E-state index is 11.5. The van der Waals surface area contributed by atoms with Crippen molar-refractivity contribution in [3.05, 3.63) is 34.9 Å². The molecule has 0 heterocycles. The van der Waals surface area contributed by atoms with Crippen LogP contribution < -0.4 is 0 Å². The van der Waals surface area contributed by atoms with E-state index in [1.807, 2.05) is 0 Å². The van der Waals surface area contributed by atoms with E-state index in [2.05, 4.69) is 18.2 Å². The Hall–Kier alpha value is -1.31. The Bertz CT molecular complexity index is 478. The van der Waals surface area contributed by atoms with Gasteiger partial charge in [0.15, 0.2) is 0 Å². The van der Waals surface area contributed by atoms with Crippen LogP contribution in [-0.4, -0.2) is 11.1 Å². The molecule has 1 fully saturated rings. The predicted octanol–water partition coefficient (Wildman–Crippen LogP) is 3.92. The highest BCUT2D eigenvalue weighted by molar-refractivity contribution is 5.71. The van der Waals surface area contributed by atoms with E-state index < -0.39 is 5.97 Å². The van der Waals surface area contributed by atoms with Crippen molar-refractivity contribution in [3.8, 4) is 0 Å². The summed E-state index contributed by atoms with van der Waals surface area (Å²) in [4.78, 5) is 11.5. The maximum Gasteiger partial charge on any atom is 0.307 e. The van der Waals surface area contributed by atoms with Crippen molar-refractivity contribution in [3.63, 3.8) is 0 Å². The first kappa shape index (κ1) is 12.7. The minimum Gasteiger partial charge on any atom is -0.481 e. The first-order chi connectivity index (χ1) is 9.25. The summed E-state index contributed by atoms with van der Waals surface area (Å²) in [6, 6.07) is 6.73. The van der Waals surface area contributed by atoms with Gasteiger partial charge < -0.3 is 5.11 Å². The van der Waals surface area contributed by atoms with Gasteiger partial charge in [0.2, 0.25) is 0 Å². The van der Waals surface area contributed by atoms with E-state index >= 15 is 0 Å². The number of aliphatic carboxylic acids is 1. The molecule has 0 aromatic heterocycles. The number of carbonyl (C=O) groups is 1. The normalized spacial score (nSPS) is 26.7. The molecule has 1 aromatic carbocycles. The predicted molar refractivity (Wildman–Crippen MR) is 75.4 cm³/mol. The van der Waals surface area contributed by atoms with Crippen molar-refractivity contribution in [2.75, 3.05) is 0 Å². The van der Waals surface area contributed by atoms with E-state index in [4.69, 9.17) is 0 Å². The van der Waals surface area contributed by atoms with E-state index in [1.165, 1.54) is 48.8 Å². The number of benzene rings is 1. The van der Waals surface area contributed by atoms with Crippen LogP contribution >= 0.6 is 0 Å². The topological polar surface area (TPSA) is 37.3 Å². The van der Waals surface area contributed by atoms with Crippen LogP contribution in [0.5, 0.6) is 0 Å². The molecule has 0 bridgehead atoms. The molecule has 2 heteroatoms. The van der Waals surface area contributed by atoms with Crippen molar-refractivity contribution in [2.45, 2.75) is 57.3 Å². The Labute approximate surface area is 114 Å². The van der Waals surface area contributed by atoms with Gasteiger partial charge in [-0.05, 0) is 54.7 Å². The molecular weight excluding hydrogens is 236 g/mol. The molecule has 0 radical (unpaired) electrons. The van der Waals surface area contributed by atoms with E-state index in [0.29, 0.717) is 0 Å². The molecule has 102 valence electrons. The summed E-state index contributed by atoms with van der Waals surface area (Å²) < 4.78 is 0. The van der Waals surface area contributed by atoms with Gasteiger partial charge in [-0.25, -0.2) is 0 Å². The molecule has 0 spiro atoms. The Morgan fingerprint density at radius 2 is 1.79 bits per heavy atom. The Kier molecular flexibility index (Phi) is 3.58. The average Bonchev–Trinajstić information content (AvgIpc) is 2.72. The van der Waals surface area contributed by atoms with Crippen LogP contribution in [0.15, 0.2) is 18.2 Å². The molecule has 2 aliphatic rings. The van der Waals surface area contributed by atoms with Gasteiger partial charge in [0.1, 0.15) is 0 Å². The highest BCUT2D eigenvalue weighted by atomic mass is 16.4. The summed E-state index contributed by atoms with van der Waals surface area (Å²) in [5.41, 5.74) is 4.21.